The number of aliphatic hydroxyl groups excluding tert-OH is 1. The lowest BCUT2D eigenvalue weighted by molar-refractivity contribution is 0.202. The second-order valence-corrected chi connectivity index (χ2v) is 6.04. The number of aliphatic hydroxyl groups is 1. The van der Waals surface area contributed by atoms with E-state index < -0.39 is 0 Å². The molecule has 6 heteroatoms. The van der Waals surface area contributed by atoms with Gasteiger partial charge < -0.3 is 14.9 Å². The van der Waals surface area contributed by atoms with Crippen molar-refractivity contribution in [2.45, 2.75) is 25.7 Å². The van der Waals surface area contributed by atoms with E-state index >= 15 is 0 Å². The topological polar surface area (TPSA) is 52.5 Å². The summed E-state index contributed by atoms with van der Waals surface area (Å²) in [5.41, 5.74) is 0. The molecule has 0 radical (unpaired) electrons. The highest BCUT2D eigenvalue weighted by molar-refractivity contribution is 6.29. The van der Waals surface area contributed by atoms with Crippen LogP contribution in [0.25, 0.3) is 0 Å². The zero-order valence-corrected chi connectivity index (χ0v) is 12.4. The van der Waals surface area contributed by atoms with Crippen molar-refractivity contribution < 1.29 is 5.11 Å². The highest BCUT2D eigenvalue weighted by atomic mass is 35.5. The molecule has 110 valence electrons. The first-order valence-electron chi connectivity index (χ1n) is 7.41. The molecule has 2 saturated heterocycles. The van der Waals surface area contributed by atoms with Crippen molar-refractivity contribution in [3.05, 3.63) is 11.2 Å². The number of nitrogens with zero attached hydrogens (tertiary/aromatic N) is 4. The molecule has 0 amide bonds. The van der Waals surface area contributed by atoms with Crippen LogP contribution in [-0.4, -0.2) is 47.9 Å². The first-order valence-corrected chi connectivity index (χ1v) is 7.79. The van der Waals surface area contributed by atoms with Gasteiger partial charge in [-0.25, -0.2) is 4.98 Å². The zero-order valence-electron chi connectivity index (χ0n) is 11.6. The van der Waals surface area contributed by atoms with Crippen LogP contribution in [0.4, 0.5) is 11.8 Å². The van der Waals surface area contributed by atoms with Gasteiger partial charge in [-0.15, -0.1) is 0 Å². The average molecular weight is 297 g/mol. The number of anilines is 2. The Hall–Kier alpha value is -1.07. The molecule has 0 bridgehead atoms. The predicted octanol–water partition coefficient (Wildman–Crippen LogP) is 1.94. The van der Waals surface area contributed by atoms with Crippen LogP contribution in [0.3, 0.4) is 0 Å². The van der Waals surface area contributed by atoms with Crippen LogP contribution in [0.5, 0.6) is 0 Å². The van der Waals surface area contributed by atoms with Crippen molar-refractivity contribution in [3.63, 3.8) is 0 Å². The van der Waals surface area contributed by atoms with Crippen LogP contribution in [0, 0.1) is 5.92 Å². The first kappa shape index (κ1) is 13.9. The Morgan fingerprint density at radius 1 is 1.10 bits per heavy atom. The lowest BCUT2D eigenvalue weighted by Gasteiger charge is -2.31. The minimum atomic E-state index is 0.281. The third kappa shape index (κ3) is 2.99. The molecule has 2 aliphatic heterocycles. The molecule has 2 fully saturated rings. The fraction of sp³-hybridized carbons (Fsp3) is 0.714. The van der Waals surface area contributed by atoms with Gasteiger partial charge in [-0.2, -0.15) is 4.98 Å². The maximum atomic E-state index is 9.20. The predicted molar refractivity (Wildman–Crippen MR) is 80.5 cm³/mol. The fourth-order valence-electron chi connectivity index (χ4n) is 2.96. The molecule has 0 aromatic carbocycles. The Kier molecular flexibility index (Phi) is 4.27. The van der Waals surface area contributed by atoms with Gasteiger partial charge in [0.05, 0.1) is 0 Å². The second kappa shape index (κ2) is 6.14. The monoisotopic (exact) mass is 296 g/mol. The van der Waals surface area contributed by atoms with Gasteiger partial charge in [-0.1, -0.05) is 11.6 Å². The summed E-state index contributed by atoms with van der Waals surface area (Å²) in [6, 6.07) is 1.86. The SMILES string of the molecule is OCC1CCN(c2nc(Cl)cc(N3CCCC3)n2)CC1. The summed E-state index contributed by atoms with van der Waals surface area (Å²) in [6.45, 7) is 4.18. The van der Waals surface area contributed by atoms with E-state index in [0.29, 0.717) is 11.1 Å². The van der Waals surface area contributed by atoms with Gasteiger partial charge >= 0.3 is 0 Å². The van der Waals surface area contributed by atoms with Gasteiger partial charge in [-0.3, -0.25) is 0 Å². The van der Waals surface area contributed by atoms with E-state index in [0.717, 1.165) is 50.8 Å². The number of aromatic nitrogens is 2. The molecule has 0 spiro atoms. The van der Waals surface area contributed by atoms with Crippen LogP contribution in [-0.2, 0) is 0 Å². The average Bonchev–Trinajstić information content (AvgIpc) is 3.01. The Morgan fingerprint density at radius 2 is 1.80 bits per heavy atom. The molecule has 0 aliphatic carbocycles. The molecule has 3 heterocycles. The molecule has 1 aromatic rings. The molecule has 0 saturated carbocycles. The molecule has 3 rings (SSSR count). The quantitative estimate of drug-likeness (QED) is 0.864. The first-order chi connectivity index (χ1) is 9.76. The van der Waals surface area contributed by atoms with E-state index in [1.165, 1.54) is 12.8 Å². The van der Waals surface area contributed by atoms with Crippen LogP contribution >= 0.6 is 11.6 Å². The van der Waals surface area contributed by atoms with Gasteiger partial charge in [0.15, 0.2) is 0 Å². The zero-order chi connectivity index (χ0) is 13.9. The van der Waals surface area contributed by atoms with E-state index in [9.17, 15) is 5.11 Å². The number of piperidine rings is 1. The maximum absolute atomic E-state index is 9.20. The Bertz CT molecular complexity index is 456. The van der Waals surface area contributed by atoms with E-state index in [4.69, 9.17) is 11.6 Å². The summed E-state index contributed by atoms with van der Waals surface area (Å²) in [5, 5.41) is 9.72. The van der Waals surface area contributed by atoms with Gasteiger partial charge in [0, 0.05) is 38.9 Å². The van der Waals surface area contributed by atoms with Crippen LogP contribution < -0.4 is 9.80 Å². The lowest BCUT2D eigenvalue weighted by Crippen LogP contribution is -2.36. The smallest absolute Gasteiger partial charge is 0.228 e. The number of hydrogen-bond acceptors (Lipinski definition) is 5. The third-order valence-electron chi connectivity index (χ3n) is 4.26. The number of hydrogen-bond donors (Lipinski definition) is 1. The molecule has 1 N–H and O–H groups in total. The second-order valence-electron chi connectivity index (χ2n) is 5.66. The molecule has 0 atom stereocenters. The molecule has 0 unspecified atom stereocenters. The van der Waals surface area contributed by atoms with Crippen LogP contribution in [0.15, 0.2) is 6.07 Å². The highest BCUT2D eigenvalue weighted by Crippen LogP contribution is 2.26. The van der Waals surface area contributed by atoms with E-state index in [1.807, 2.05) is 6.07 Å². The van der Waals surface area contributed by atoms with Crippen molar-refractivity contribution in [3.8, 4) is 0 Å². The van der Waals surface area contributed by atoms with E-state index in [1.54, 1.807) is 0 Å². The number of rotatable bonds is 3. The Balaban J connectivity index is 1.76. The lowest BCUT2D eigenvalue weighted by atomic mass is 9.98. The van der Waals surface area contributed by atoms with Gasteiger partial charge in [0.25, 0.3) is 0 Å². The summed E-state index contributed by atoms with van der Waals surface area (Å²) >= 11 is 6.16. The van der Waals surface area contributed by atoms with Crippen molar-refractivity contribution in [1.29, 1.82) is 0 Å². The Morgan fingerprint density at radius 3 is 2.45 bits per heavy atom. The summed E-state index contributed by atoms with van der Waals surface area (Å²) in [7, 11) is 0. The van der Waals surface area contributed by atoms with E-state index in [2.05, 4.69) is 19.8 Å². The van der Waals surface area contributed by atoms with Gasteiger partial charge in [0.2, 0.25) is 5.95 Å². The molecule has 5 nitrogen and oxygen atoms in total. The third-order valence-corrected chi connectivity index (χ3v) is 4.45. The van der Waals surface area contributed by atoms with Crippen LogP contribution in [0.1, 0.15) is 25.7 Å². The molecular formula is C14H21ClN4O. The fourth-order valence-corrected chi connectivity index (χ4v) is 3.13. The van der Waals surface area contributed by atoms with Gasteiger partial charge in [0.1, 0.15) is 11.0 Å². The number of halogens is 1. The normalized spacial score (nSPS) is 20.7. The van der Waals surface area contributed by atoms with E-state index in [-0.39, 0.29) is 6.61 Å². The summed E-state index contributed by atoms with van der Waals surface area (Å²) in [4.78, 5) is 13.5. The van der Waals surface area contributed by atoms with Crippen molar-refractivity contribution in [2.24, 2.45) is 5.92 Å². The largest absolute Gasteiger partial charge is 0.396 e. The molecule has 1 aromatic heterocycles. The van der Waals surface area contributed by atoms with Crippen molar-refractivity contribution in [2.75, 3.05) is 42.6 Å². The summed E-state index contributed by atoms with van der Waals surface area (Å²) < 4.78 is 0. The molecular weight excluding hydrogens is 276 g/mol. The molecule has 2 aliphatic rings. The highest BCUT2D eigenvalue weighted by Gasteiger charge is 2.22. The van der Waals surface area contributed by atoms with Crippen LogP contribution in [0.2, 0.25) is 5.15 Å². The van der Waals surface area contributed by atoms with Crippen molar-refractivity contribution >= 4 is 23.4 Å². The molecule has 20 heavy (non-hydrogen) atoms. The van der Waals surface area contributed by atoms with Crippen molar-refractivity contribution in [1.82, 2.24) is 9.97 Å². The summed E-state index contributed by atoms with van der Waals surface area (Å²) in [6.07, 6.45) is 4.43. The maximum Gasteiger partial charge on any atom is 0.228 e. The Labute approximate surface area is 124 Å². The minimum absolute atomic E-state index is 0.281. The summed E-state index contributed by atoms with van der Waals surface area (Å²) in [5.74, 6) is 2.10. The van der Waals surface area contributed by atoms with Gasteiger partial charge in [-0.05, 0) is 31.6 Å². The minimum Gasteiger partial charge on any atom is -0.396 e. The standard InChI is InChI=1S/C14H21ClN4O/c15-12-9-13(18-5-1-2-6-18)17-14(16-12)19-7-3-11(10-20)4-8-19/h9,11,20H,1-8,10H2.